The fraction of sp³-hybridized carbons (Fsp3) is 0.333. The van der Waals surface area contributed by atoms with Crippen LogP contribution in [0.2, 0.25) is 0 Å². The van der Waals surface area contributed by atoms with Crippen molar-refractivity contribution in [2.45, 2.75) is 12.3 Å². The van der Waals surface area contributed by atoms with Crippen molar-refractivity contribution in [1.82, 2.24) is 20.1 Å². The molecule has 0 bridgehead atoms. The largest absolute Gasteiger partial charge is 0.348 e. The molecule has 1 saturated heterocycles. The number of para-hydroxylation sites is 1. The first-order chi connectivity index (χ1) is 8.34. The Balaban J connectivity index is 1.99. The lowest BCUT2D eigenvalue weighted by Gasteiger charge is -2.02. The molecule has 88 valence electrons. The lowest BCUT2D eigenvalue weighted by molar-refractivity contribution is 0.693. The standard InChI is InChI=1S/C12H14N4O/c17-12-14-11(9-6-7-13-8-9)15-16(12)10-4-2-1-3-5-10/h1-5,9,13H,6-8H2,(H,14,15,17). The molecule has 1 aliphatic heterocycles. The smallest absolute Gasteiger partial charge is 0.316 e. The molecular formula is C12H14N4O. The lowest BCUT2D eigenvalue weighted by atomic mass is 10.1. The maximum absolute atomic E-state index is 11.8. The molecule has 1 aromatic heterocycles. The summed E-state index contributed by atoms with van der Waals surface area (Å²) < 4.78 is 1.42. The van der Waals surface area contributed by atoms with Crippen molar-refractivity contribution >= 4 is 0 Å². The average molecular weight is 230 g/mol. The minimum atomic E-state index is -0.168. The normalized spacial score (nSPS) is 19.6. The Labute approximate surface area is 98.5 Å². The summed E-state index contributed by atoms with van der Waals surface area (Å²) >= 11 is 0. The highest BCUT2D eigenvalue weighted by molar-refractivity contribution is 5.29. The number of nitrogens with zero attached hydrogens (tertiary/aromatic N) is 2. The van der Waals surface area contributed by atoms with Crippen LogP contribution in [0.5, 0.6) is 0 Å². The van der Waals surface area contributed by atoms with Gasteiger partial charge in [-0.25, -0.2) is 4.79 Å². The average Bonchev–Trinajstić information content (AvgIpc) is 2.99. The van der Waals surface area contributed by atoms with Crippen LogP contribution in [0.4, 0.5) is 0 Å². The summed E-state index contributed by atoms with van der Waals surface area (Å²) in [5, 5.41) is 7.64. The predicted octanol–water partition coefficient (Wildman–Crippen LogP) is 0.637. The number of H-pyrrole nitrogens is 1. The van der Waals surface area contributed by atoms with Crippen molar-refractivity contribution in [3.8, 4) is 5.69 Å². The van der Waals surface area contributed by atoms with E-state index in [-0.39, 0.29) is 5.69 Å². The summed E-state index contributed by atoms with van der Waals surface area (Å²) in [6.45, 7) is 1.88. The molecular weight excluding hydrogens is 216 g/mol. The van der Waals surface area contributed by atoms with Crippen LogP contribution in [0.1, 0.15) is 18.2 Å². The van der Waals surface area contributed by atoms with E-state index in [1.165, 1.54) is 4.68 Å². The second-order valence-corrected chi connectivity index (χ2v) is 4.25. The Morgan fingerprint density at radius 1 is 1.29 bits per heavy atom. The molecule has 5 nitrogen and oxygen atoms in total. The Hall–Kier alpha value is -1.88. The summed E-state index contributed by atoms with van der Waals surface area (Å²) in [5.41, 5.74) is 0.629. The molecule has 1 aromatic carbocycles. The van der Waals surface area contributed by atoms with Crippen LogP contribution >= 0.6 is 0 Å². The Morgan fingerprint density at radius 3 is 2.82 bits per heavy atom. The molecule has 2 N–H and O–H groups in total. The van der Waals surface area contributed by atoms with Crippen LogP contribution in [0.3, 0.4) is 0 Å². The fourth-order valence-corrected chi connectivity index (χ4v) is 2.16. The van der Waals surface area contributed by atoms with Crippen molar-refractivity contribution in [3.05, 3.63) is 46.6 Å². The molecule has 2 aromatic rings. The van der Waals surface area contributed by atoms with E-state index >= 15 is 0 Å². The number of hydrogen-bond acceptors (Lipinski definition) is 3. The van der Waals surface area contributed by atoms with Crippen LogP contribution in [-0.4, -0.2) is 27.9 Å². The third kappa shape index (κ3) is 1.89. The molecule has 3 rings (SSSR count). The van der Waals surface area contributed by atoms with Gasteiger partial charge in [0.1, 0.15) is 5.82 Å². The Kier molecular flexibility index (Phi) is 2.53. The second-order valence-electron chi connectivity index (χ2n) is 4.25. The number of aromatic nitrogens is 3. The third-order valence-corrected chi connectivity index (χ3v) is 3.08. The highest BCUT2D eigenvalue weighted by Crippen LogP contribution is 2.17. The van der Waals surface area contributed by atoms with E-state index < -0.39 is 0 Å². The van der Waals surface area contributed by atoms with Gasteiger partial charge >= 0.3 is 5.69 Å². The molecule has 5 heteroatoms. The predicted molar refractivity (Wildman–Crippen MR) is 64.4 cm³/mol. The molecule has 0 aliphatic carbocycles. The summed E-state index contributed by atoms with van der Waals surface area (Å²) in [7, 11) is 0. The van der Waals surface area contributed by atoms with Crippen molar-refractivity contribution < 1.29 is 0 Å². The van der Waals surface area contributed by atoms with E-state index in [0.717, 1.165) is 31.0 Å². The van der Waals surface area contributed by atoms with Gasteiger partial charge in [0.05, 0.1) is 5.69 Å². The van der Waals surface area contributed by atoms with Gasteiger partial charge in [0.15, 0.2) is 0 Å². The molecule has 0 spiro atoms. The van der Waals surface area contributed by atoms with E-state index in [4.69, 9.17) is 0 Å². The van der Waals surface area contributed by atoms with Crippen LogP contribution in [0.25, 0.3) is 5.69 Å². The van der Waals surface area contributed by atoms with Gasteiger partial charge in [0, 0.05) is 12.5 Å². The maximum atomic E-state index is 11.8. The number of benzene rings is 1. The van der Waals surface area contributed by atoms with Gasteiger partial charge in [-0.1, -0.05) is 18.2 Å². The monoisotopic (exact) mass is 230 g/mol. The van der Waals surface area contributed by atoms with Crippen molar-refractivity contribution in [2.75, 3.05) is 13.1 Å². The third-order valence-electron chi connectivity index (χ3n) is 3.08. The molecule has 17 heavy (non-hydrogen) atoms. The zero-order valence-corrected chi connectivity index (χ0v) is 9.39. The van der Waals surface area contributed by atoms with E-state index in [1.54, 1.807) is 0 Å². The van der Waals surface area contributed by atoms with Gasteiger partial charge < -0.3 is 5.32 Å². The highest BCUT2D eigenvalue weighted by Gasteiger charge is 2.21. The van der Waals surface area contributed by atoms with Crippen LogP contribution < -0.4 is 11.0 Å². The highest BCUT2D eigenvalue weighted by atomic mass is 16.1. The molecule has 0 amide bonds. The van der Waals surface area contributed by atoms with Gasteiger partial charge in [0.2, 0.25) is 0 Å². The van der Waals surface area contributed by atoms with Crippen molar-refractivity contribution in [2.24, 2.45) is 0 Å². The quantitative estimate of drug-likeness (QED) is 0.795. The minimum Gasteiger partial charge on any atom is -0.316 e. The topological polar surface area (TPSA) is 62.7 Å². The molecule has 1 fully saturated rings. The lowest BCUT2D eigenvalue weighted by Crippen LogP contribution is -2.15. The second kappa shape index (κ2) is 4.18. The number of nitrogens with one attached hydrogen (secondary N) is 2. The van der Waals surface area contributed by atoms with Gasteiger partial charge in [-0.05, 0) is 25.1 Å². The Morgan fingerprint density at radius 2 is 2.12 bits per heavy atom. The summed E-state index contributed by atoms with van der Waals surface area (Å²) in [6.07, 6.45) is 1.03. The first kappa shape index (κ1) is 10.3. The molecule has 2 heterocycles. The molecule has 1 atom stereocenters. The number of rotatable bonds is 2. The molecule has 0 saturated carbocycles. The zero-order valence-electron chi connectivity index (χ0n) is 9.39. The van der Waals surface area contributed by atoms with Gasteiger partial charge in [-0.3, -0.25) is 4.98 Å². The van der Waals surface area contributed by atoms with Gasteiger partial charge in [-0.15, -0.1) is 5.10 Å². The number of aromatic amines is 1. The number of hydrogen-bond donors (Lipinski definition) is 2. The summed E-state index contributed by atoms with van der Waals surface area (Å²) in [6, 6.07) is 9.46. The van der Waals surface area contributed by atoms with Crippen LogP contribution in [0.15, 0.2) is 35.1 Å². The van der Waals surface area contributed by atoms with Gasteiger partial charge in [-0.2, -0.15) is 4.68 Å². The van der Waals surface area contributed by atoms with Crippen LogP contribution in [0, 0.1) is 0 Å². The van der Waals surface area contributed by atoms with Gasteiger partial charge in [0.25, 0.3) is 0 Å². The SMILES string of the molecule is O=c1[nH]c(C2CCNC2)nn1-c1ccccc1. The van der Waals surface area contributed by atoms with E-state index in [0.29, 0.717) is 5.92 Å². The minimum absolute atomic E-state index is 0.168. The summed E-state index contributed by atoms with van der Waals surface area (Å²) in [5.74, 6) is 1.11. The maximum Gasteiger partial charge on any atom is 0.348 e. The fourth-order valence-electron chi connectivity index (χ4n) is 2.16. The Bertz CT molecular complexity index is 551. The first-order valence-electron chi connectivity index (χ1n) is 5.80. The summed E-state index contributed by atoms with van der Waals surface area (Å²) in [4.78, 5) is 14.7. The molecule has 1 unspecified atom stereocenters. The van der Waals surface area contributed by atoms with E-state index in [9.17, 15) is 4.79 Å². The van der Waals surface area contributed by atoms with E-state index in [1.807, 2.05) is 30.3 Å². The molecule has 1 aliphatic rings. The molecule has 0 radical (unpaired) electrons. The van der Waals surface area contributed by atoms with E-state index in [2.05, 4.69) is 15.4 Å². The van der Waals surface area contributed by atoms with Crippen molar-refractivity contribution in [1.29, 1.82) is 0 Å². The first-order valence-corrected chi connectivity index (χ1v) is 5.80. The van der Waals surface area contributed by atoms with Crippen LogP contribution in [-0.2, 0) is 0 Å². The zero-order chi connectivity index (χ0) is 11.7. The van der Waals surface area contributed by atoms with Crippen molar-refractivity contribution in [3.63, 3.8) is 0 Å².